The van der Waals surface area contributed by atoms with E-state index in [-0.39, 0.29) is 29.5 Å². The lowest BCUT2D eigenvalue weighted by Gasteiger charge is -2.25. The van der Waals surface area contributed by atoms with Gasteiger partial charge in [-0.2, -0.15) is 0 Å². The molecule has 2 aliphatic heterocycles. The van der Waals surface area contributed by atoms with Gasteiger partial charge >= 0.3 is 11.9 Å². The summed E-state index contributed by atoms with van der Waals surface area (Å²) in [4.78, 5) is 43.9. The molecule has 2 aromatic heterocycles. The van der Waals surface area contributed by atoms with E-state index in [9.17, 15) is 19.5 Å². The van der Waals surface area contributed by atoms with Gasteiger partial charge in [-0.1, -0.05) is 48.4 Å². The molecule has 0 aliphatic carbocycles. The molecule has 0 saturated heterocycles. The van der Waals surface area contributed by atoms with E-state index in [1.165, 1.54) is 28.0 Å². The lowest BCUT2D eigenvalue weighted by molar-refractivity contribution is -0.139. The van der Waals surface area contributed by atoms with Crippen molar-refractivity contribution in [2.24, 2.45) is 4.99 Å². The maximum Gasteiger partial charge on any atom is 0.338 e. The second kappa shape index (κ2) is 11.6. The molecule has 1 N–H and O–H groups in total. The van der Waals surface area contributed by atoms with Crippen LogP contribution in [0.2, 0.25) is 5.02 Å². The van der Waals surface area contributed by atoms with E-state index >= 15 is 0 Å². The maximum absolute atomic E-state index is 14.0. The van der Waals surface area contributed by atoms with Crippen LogP contribution in [-0.4, -0.2) is 35.0 Å². The van der Waals surface area contributed by atoms with Gasteiger partial charge in [-0.15, -0.1) is 0 Å². The van der Waals surface area contributed by atoms with Crippen LogP contribution in [0.1, 0.15) is 54.4 Å². The molecule has 0 unspecified atom stereocenters. The standard InChI is InChI=1S/C31H25ClN2O8S/c1-3-5-21-26(30(38)39-4-2)27(17-7-10-23-24(13-17)41-15-40-23)34-28(35)25(43-31(34)33-21)14-18-8-11-22(42-18)16-6-9-19(29(36)37)20(32)12-16/h6-14,27H,3-5,15H2,1-2H3,(H,36,37)/b25-14-/t27-/m1/s1. The lowest BCUT2D eigenvalue weighted by atomic mass is 9.94. The SMILES string of the molecule is CCCC1=C(C(=O)OCC)[C@@H](c2ccc3c(c2)OCO3)n2c(s/c(=C\c3ccc(-c4ccc(C(=O)O)c(Cl)c4)o3)c2=O)=N1. The van der Waals surface area contributed by atoms with Crippen LogP contribution in [0.3, 0.4) is 0 Å². The number of fused-ring (bicyclic) bond motifs is 2. The number of hydrogen-bond donors (Lipinski definition) is 1. The summed E-state index contributed by atoms with van der Waals surface area (Å²) in [6.45, 7) is 3.98. The van der Waals surface area contributed by atoms with Gasteiger partial charge in [0.25, 0.3) is 5.56 Å². The maximum atomic E-state index is 14.0. The van der Waals surface area contributed by atoms with Crippen LogP contribution in [0.15, 0.2) is 74.0 Å². The fourth-order valence-electron chi connectivity index (χ4n) is 5.08. The number of aromatic nitrogens is 1. The highest BCUT2D eigenvalue weighted by atomic mass is 35.5. The van der Waals surface area contributed by atoms with Gasteiger partial charge in [0, 0.05) is 11.6 Å². The van der Waals surface area contributed by atoms with Gasteiger partial charge < -0.3 is 23.7 Å². The number of esters is 1. The summed E-state index contributed by atoms with van der Waals surface area (Å²) >= 11 is 7.33. The number of furan rings is 1. The first-order valence-corrected chi connectivity index (χ1v) is 14.7. The first kappa shape index (κ1) is 28.5. The predicted molar refractivity (Wildman–Crippen MR) is 158 cm³/mol. The second-order valence-corrected chi connectivity index (χ2v) is 11.1. The first-order valence-electron chi connectivity index (χ1n) is 13.5. The van der Waals surface area contributed by atoms with E-state index in [1.54, 1.807) is 43.3 Å². The molecule has 2 aliphatic rings. The minimum absolute atomic E-state index is 0.0139. The number of thiazole rings is 1. The Morgan fingerprint density at radius 2 is 1.95 bits per heavy atom. The summed E-state index contributed by atoms with van der Waals surface area (Å²) < 4.78 is 24.4. The van der Waals surface area contributed by atoms with Crippen LogP contribution >= 0.6 is 22.9 Å². The zero-order valence-electron chi connectivity index (χ0n) is 23.1. The molecule has 0 fully saturated rings. The van der Waals surface area contributed by atoms with Crippen molar-refractivity contribution in [3.63, 3.8) is 0 Å². The number of aromatic carboxylic acids is 1. The fourth-order valence-corrected chi connectivity index (χ4v) is 6.34. The molecule has 0 amide bonds. The van der Waals surface area contributed by atoms with Crippen molar-refractivity contribution in [1.29, 1.82) is 0 Å². The first-order chi connectivity index (χ1) is 20.8. The van der Waals surface area contributed by atoms with Gasteiger partial charge in [0.15, 0.2) is 16.3 Å². The third-order valence-corrected chi connectivity index (χ3v) is 8.28. The van der Waals surface area contributed by atoms with Crippen LogP contribution in [0.25, 0.3) is 17.4 Å². The van der Waals surface area contributed by atoms with Crippen LogP contribution in [-0.2, 0) is 9.53 Å². The number of hydrogen-bond acceptors (Lipinski definition) is 9. The summed E-state index contributed by atoms with van der Waals surface area (Å²) in [7, 11) is 0. The predicted octanol–water partition coefficient (Wildman–Crippen LogP) is 4.92. The van der Waals surface area contributed by atoms with Crippen LogP contribution in [0, 0.1) is 0 Å². The van der Waals surface area contributed by atoms with Gasteiger partial charge in [0.2, 0.25) is 6.79 Å². The lowest BCUT2D eigenvalue weighted by Crippen LogP contribution is -2.40. The zero-order valence-corrected chi connectivity index (χ0v) is 24.7. The smallest absolute Gasteiger partial charge is 0.338 e. The van der Waals surface area contributed by atoms with Crippen molar-refractivity contribution in [3.05, 3.63) is 101 Å². The molecule has 0 bridgehead atoms. The Bertz CT molecular complexity index is 1990. The molecule has 43 heavy (non-hydrogen) atoms. The Kier molecular flexibility index (Phi) is 7.68. The fraction of sp³-hybridized carbons (Fsp3) is 0.226. The molecule has 10 nitrogen and oxygen atoms in total. The minimum atomic E-state index is -1.13. The summed E-state index contributed by atoms with van der Waals surface area (Å²) in [6.07, 6.45) is 2.87. The number of carboxylic acid groups (broad SMARTS) is 1. The van der Waals surface area contributed by atoms with E-state index in [1.807, 2.05) is 13.0 Å². The highest BCUT2D eigenvalue weighted by Crippen LogP contribution is 2.39. The average molecular weight is 621 g/mol. The molecule has 6 rings (SSSR count). The monoisotopic (exact) mass is 620 g/mol. The highest BCUT2D eigenvalue weighted by Gasteiger charge is 2.35. The third kappa shape index (κ3) is 5.26. The molecule has 0 radical (unpaired) electrons. The van der Waals surface area contributed by atoms with E-state index in [2.05, 4.69) is 0 Å². The quantitative estimate of drug-likeness (QED) is 0.275. The van der Waals surface area contributed by atoms with Crippen molar-refractivity contribution in [2.45, 2.75) is 32.7 Å². The molecule has 2 aromatic carbocycles. The largest absolute Gasteiger partial charge is 0.478 e. The molecule has 12 heteroatoms. The molecule has 0 saturated carbocycles. The Hall–Kier alpha value is -4.61. The van der Waals surface area contributed by atoms with Gasteiger partial charge in [-0.05, 0) is 55.3 Å². The van der Waals surface area contributed by atoms with Crippen molar-refractivity contribution < 1.29 is 33.3 Å². The van der Waals surface area contributed by atoms with Crippen LogP contribution in [0.5, 0.6) is 11.5 Å². The Labute approximate surface area is 253 Å². The molecule has 4 aromatic rings. The number of carbonyl (C=O) groups is 2. The molecule has 0 spiro atoms. The zero-order chi connectivity index (χ0) is 30.2. The number of benzene rings is 2. The van der Waals surface area contributed by atoms with Crippen LogP contribution in [0.4, 0.5) is 0 Å². The Balaban J connectivity index is 1.47. The summed E-state index contributed by atoms with van der Waals surface area (Å²) in [5.41, 5.74) is 1.75. The minimum Gasteiger partial charge on any atom is -0.478 e. The third-order valence-electron chi connectivity index (χ3n) is 6.99. The average Bonchev–Trinajstić information content (AvgIpc) is 3.72. The van der Waals surface area contributed by atoms with E-state index < -0.39 is 18.0 Å². The molecule has 220 valence electrons. The van der Waals surface area contributed by atoms with Crippen LogP contribution < -0.4 is 24.4 Å². The summed E-state index contributed by atoms with van der Waals surface area (Å²) in [5, 5.41) is 9.34. The van der Waals surface area contributed by atoms with E-state index in [0.29, 0.717) is 61.2 Å². The number of carbonyl (C=O) groups excluding carboxylic acids is 1. The van der Waals surface area contributed by atoms with Crippen molar-refractivity contribution in [3.8, 4) is 22.8 Å². The molecule has 1 atom stereocenters. The second-order valence-electron chi connectivity index (χ2n) is 9.73. The van der Waals surface area contributed by atoms with E-state index in [0.717, 1.165) is 6.42 Å². The molecular formula is C31H25ClN2O8S. The molecule has 4 heterocycles. The summed E-state index contributed by atoms with van der Waals surface area (Å²) in [6, 6.07) is 12.5. The van der Waals surface area contributed by atoms with Gasteiger partial charge in [-0.3, -0.25) is 9.36 Å². The number of allylic oxidation sites excluding steroid dienone is 1. The van der Waals surface area contributed by atoms with Gasteiger partial charge in [0.1, 0.15) is 11.5 Å². The number of rotatable bonds is 8. The Morgan fingerprint density at radius 3 is 2.70 bits per heavy atom. The van der Waals surface area contributed by atoms with E-state index in [4.69, 9.17) is 35.2 Å². The van der Waals surface area contributed by atoms with Gasteiger partial charge in [0.05, 0.1) is 39.0 Å². The number of halogens is 1. The summed E-state index contributed by atoms with van der Waals surface area (Å²) in [5.74, 6) is 0.299. The highest BCUT2D eigenvalue weighted by molar-refractivity contribution is 7.07. The Morgan fingerprint density at radius 1 is 1.14 bits per heavy atom. The van der Waals surface area contributed by atoms with Crippen molar-refractivity contribution >= 4 is 41.0 Å². The number of ether oxygens (including phenoxy) is 3. The topological polar surface area (TPSA) is 130 Å². The number of carboxylic acids is 1. The molecular weight excluding hydrogens is 596 g/mol. The normalized spacial score (nSPS) is 15.8. The van der Waals surface area contributed by atoms with Crippen molar-refractivity contribution in [1.82, 2.24) is 4.57 Å². The van der Waals surface area contributed by atoms with Gasteiger partial charge in [-0.25, -0.2) is 14.6 Å². The van der Waals surface area contributed by atoms with Crippen molar-refractivity contribution in [2.75, 3.05) is 13.4 Å². The number of nitrogens with zero attached hydrogens (tertiary/aromatic N) is 2.